The molecule has 1 unspecified atom stereocenters. The summed E-state index contributed by atoms with van der Waals surface area (Å²) in [7, 11) is 3.64. The van der Waals surface area contributed by atoms with Crippen LogP contribution in [-0.2, 0) is 4.84 Å². The molecule has 2 rings (SSSR count). The monoisotopic (exact) mass is 276 g/mol. The van der Waals surface area contributed by atoms with Gasteiger partial charge in [0.05, 0.1) is 12.2 Å². The molecule has 1 aliphatic heterocycles. The minimum atomic E-state index is -0.298. The summed E-state index contributed by atoms with van der Waals surface area (Å²) in [6, 6.07) is 7.08. The van der Waals surface area contributed by atoms with Crippen molar-refractivity contribution in [1.29, 1.82) is 0 Å². The number of aldehydes is 1. The first-order chi connectivity index (χ1) is 9.63. The van der Waals surface area contributed by atoms with Gasteiger partial charge in [-0.25, -0.2) is 5.06 Å². The van der Waals surface area contributed by atoms with Gasteiger partial charge < -0.3 is 4.90 Å². The lowest BCUT2D eigenvalue weighted by Gasteiger charge is -2.23. The van der Waals surface area contributed by atoms with Crippen molar-refractivity contribution in [3.63, 3.8) is 0 Å². The first-order valence-corrected chi connectivity index (χ1v) is 6.79. The number of hydroxylamine groups is 2. The first-order valence-electron chi connectivity index (χ1n) is 6.79. The minimum absolute atomic E-state index is 0.298. The maximum absolute atomic E-state index is 12.2. The quantitative estimate of drug-likeness (QED) is 0.605. The highest BCUT2D eigenvalue weighted by Gasteiger charge is 2.23. The lowest BCUT2D eigenvalue weighted by Crippen LogP contribution is -2.35. The van der Waals surface area contributed by atoms with Crippen LogP contribution >= 0.6 is 0 Å². The average molecular weight is 276 g/mol. The fraction of sp³-hybridized carbons (Fsp3) is 0.467. The molecule has 5 nitrogen and oxygen atoms in total. The predicted octanol–water partition coefficient (Wildman–Crippen LogP) is 1.60. The molecule has 1 aliphatic rings. The fourth-order valence-corrected chi connectivity index (χ4v) is 2.41. The molecule has 1 aromatic carbocycles. The Balaban J connectivity index is 1.96. The molecular weight excluding hydrogens is 256 g/mol. The lowest BCUT2D eigenvalue weighted by atomic mass is 10.1. The van der Waals surface area contributed by atoms with E-state index in [0.717, 1.165) is 19.4 Å². The molecule has 1 atom stereocenters. The maximum Gasteiger partial charge on any atom is 0.277 e. The molecule has 108 valence electrons. The molecule has 0 saturated carbocycles. The first kappa shape index (κ1) is 14.7. The Morgan fingerprint density at radius 3 is 2.90 bits per heavy atom. The van der Waals surface area contributed by atoms with Crippen LogP contribution in [0.15, 0.2) is 24.3 Å². The molecule has 1 fully saturated rings. The van der Waals surface area contributed by atoms with Gasteiger partial charge in [0.1, 0.15) is 0 Å². The van der Waals surface area contributed by atoms with E-state index < -0.39 is 0 Å². The summed E-state index contributed by atoms with van der Waals surface area (Å²) in [4.78, 5) is 31.0. The highest BCUT2D eigenvalue weighted by Crippen LogP contribution is 2.16. The van der Waals surface area contributed by atoms with Crippen LogP contribution in [0, 0.1) is 0 Å². The van der Waals surface area contributed by atoms with Crippen LogP contribution in [0.25, 0.3) is 0 Å². The van der Waals surface area contributed by atoms with Gasteiger partial charge in [0.15, 0.2) is 6.29 Å². The van der Waals surface area contributed by atoms with Crippen molar-refractivity contribution < 1.29 is 14.4 Å². The number of likely N-dealkylation sites (tertiary alicyclic amines) is 1. The third-order valence-corrected chi connectivity index (χ3v) is 3.74. The van der Waals surface area contributed by atoms with Crippen LogP contribution in [0.3, 0.4) is 0 Å². The summed E-state index contributed by atoms with van der Waals surface area (Å²) in [5.41, 5.74) is 0.746. The summed E-state index contributed by atoms with van der Waals surface area (Å²) in [5.74, 6) is -0.298. The van der Waals surface area contributed by atoms with Gasteiger partial charge in [0.25, 0.3) is 5.91 Å². The third kappa shape index (κ3) is 3.23. The van der Waals surface area contributed by atoms with E-state index in [0.29, 0.717) is 30.1 Å². The van der Waals surface area contributed by atoms with Crippen LogP contribution in [0.4, 0.5) is 0 Å². The van der Waals surface area contributed by atoms with E-state index in [4.69, 9.17) is 4.84 Å². The van der Waals surface area contributed by atoms with E-state index in [9.17, 15) is 9.59 Å². The number of hydrogen-bond donors (Lipinski definition) is 0. The molecule has 5 heteroatoms. The van der Waals surface area contributed by atoms with Crippen molar-refractivity contribution in [2.75, 3.05) is 27.2 Å². The van der Waals surface area contributed by atoms with Gasteiger partial charge in [0.2, 0.25) is 0 Å². The number of rotatable bonds is 5. The number of amides is 1. The Kier molecular flexibility index (Phi) is 4.87. The van der Waals surface area contributed by atoms with Crippen LogP contribution in [0.5, 0.6) is 0 Å². The van der Waals surface area contributed by atoms with Crippen molar-refractivity contribution in [3.05, 3.63) is 35.4 Å². The number of nitrogens with zero attached hydrogens (tertiary/aromatic N) is 2. The van der Waals surface area contributed by atoms with Gasteiger partial charge in [0, 0.05) is 18.7 Å². The van der Waals surface area contributed by atoms with Gasteiger partial charge in [-0.3, -0.25) is 14.4 Å². The second kappa shape index (κ2) is 6.63. The molecule has 0 spiro atoms. The van der Waals surface area contributed by atoms with Crippen LogP contribution in [0.1, 0.15) is 33.6 Å². The highest BCUT2D eigenvalue weighted by atomic mass is 16.7. The average Bonchev–Trinajstić information content (AvgIpc) is 2.89. The summed E-state index contributed by atoms with van der Waals surface area (Å²) in [5, 5.41) is 1.22. The van der Waals surface area contributed by atoms with Gasteiger partial charge in [-0.05, 0) is 32.5 Å². The molecular formula is C15H20N2O3. The number of carbonyl (C=O) groups excluding carboxylic acids is 2. The Hall–Kier alpha value is -1.72. The predicted molar refractivity (Wildman–Crippen MR) is 75.5 cm³/mol. The molecule has 0 aromatic heterocycles. The highest BCUT2D eigenvalue weighted by molar-refractivity contribution is 6.00. The van der Waals surface area contributed by atoms with Crippen LogP contribution in [0.2, 0.25) is 0 Å². The second-order valence-corrected chi connectivity index (χ2v) is 5.08. The van der Waals surface area contributed by atoms with E-state index >= 15 is 0 Å². The Bertz CT molecular complexity index is 490. The SMILES string of the molecule is CN(OCC1CCCN1C)C(=O)c1ccccc1C=O. The van der Waals surface area contributed by atoms with Gasteiger partial charge >= 0.3 is 0 Å². The second-order valence-electron chi connectivity index (χ2n) is 5.08. The molecule has 20 heavy (non-hydrogen) atoms. The number of likely N-dealkylation sites (N-methyl/N-ethyl adjacent to an activating group) is 1. The minimum Gasteiger partial charge on any atom is -0.301 e. The van der Waals surface area contributed by atoms with Crippen molar-refractivity contribution >= 4 is 12.2 Å². The Morgan fingerprint density at radius 1 is 1.50 bits per heavy atom. The van der Waals surface area contributed by atoms with Crippen LogP contribution < -0.4 is 0 Å². The molecule has 0 aliphatic carbocycles. The summed E-state index contributed by atoms with van der Waals surface area (Å²) in [6.07, 6.45) is 2.94. The number of benzene rings is 1. The smallest absolute Gasteiger partial charge is 0.277 e. The molecule has 1 amide bonds. The molecule has 0 radical (unpaired) electrons. The van der Waals surface area contributed by atoms with E-state index in [1.165, 1.54) is 5.06 Å². The van der Waals surface area contributed by atoms with Crippen molar-refractivity contribution in [2.24, 2.45) is 0 Å². The third-order valence-electron chi connectivity index (χ3n) is 3.74. The van der Waals surface area contributed by atoms with E-state index in [2.05, 4.69) is 11.9 Å². The topological polar surface area (TPSA) is 49.9 Å². The van der Waals surface area contributed by atoms with Crippen molar-refractivity contribution in [1.82, 2.24) is 9.96 Å². The molecule has 0 N–H and O–H groups in total. The van der Waals surface area contributed by atoms with Crippen molar-refractivity contribution in [2.45, 2.75) is 18.9 Å². The zero-order chi connectivity index (χ0) is 14.5. The molecule has 0 bridgehead atoms. The summed E-state index contributed by atoms with van der Waals surface area (Å²) in [6.45, 7) is 1.56. The zero-order valence-electron chi connectivity index (χ0n) is 11.9. The van der Waals surface area contributed by atoms with Gasteiger partial charge in [-0.2, -0.15) is 0 Å². The standard InChI is InChI=1S/C15H20N2O3/c1-16-9-5-7-13(16)11-20-17(2)15(19)14-8-4-3-6-12(14)10-18/h3-4,6,8,10,13H,5,7,9,11H2,1-2H3. The molecule has 1 saturated heterocycles. The summed E-state index contributed by atoms with van der Waals surface area (Å²) < 4.78 is 0. The Morgan fingerprint density at radius 2 is 2.25 bits per heavy atom. The zero-order valence-corrected chi connectivity index (χ0v) is 11.9. The molecule has 1 aromatic rings. The van der Waals surface area contributed by atoms with Gasteiger partial charge in [-0.15, -0.1) is 0 Å². The normalized spacial score (nSPS) is 19.0. The van der Waals surface area contributed by atoms with Gasteiger partial charge in [-0.1, -0.05) is 18.2 Å². The van der Waals surface area contributed by atoms with Crippen molar-refractivity contribution in [3.8, 4) is 0 Å². The fourth-order valence-electron chi connectivity index (χ4n) is 2.41. The van der Waals surface area contributed by atoms with Crippen LogP contribution in [-0.4, -0.2) is 55.4 Å². The largest absolute Gasteiger partial charge is 0.301 e. The van der Waals surface area contributed by atoms with E-state index in [1.54, 1.807) is 31.3 Å². The molecule has 1 heterocycles. The number of carbonyl (C=O) groups is 2. The van der Waals surface area contributed by atoms with E-state index in [1.807, 2.05) is 0 Å². The number of hydrogen-bond acceptors (Lipinski definition) is 4. The maximum atomic E-state index is 12.2. The Labute approximate surface area is 119 Å². The lowest BCUT2D eigenvalue weighted by molar-refractivity contribution is -0.118. The van der Waals surface area contributed by atoms with E-state index in [-0.39, 0.29) is 5.91 Å². The summed E-state index contributed by atoms with van der Waals surface area (Å²) >= 11 is 0.